The van der Waals surface area contributed by atoms with Crippen molar-refractivity contribution >= 4 is 5.91 Å². The number of aliphatic hydroxyl groups is 1. The normalized spacial score (nSPS) is 9.86. The Balaban J connectivity index is 2.14. The van der Waals surface area contributed by atoms with Gasteiger partial charge in [0.1, 0.15) is 11.5 Å². The van der Waals surface area contributed by atoms with Crippen LogP contribution in [0.4, 0.5) is 0 Å². The molecule has 0 saturated heterocycles. The van der Waals surface area contributed by atoms with Crippen molar-refractivity contribution < 1.29 is 14.6 Å². The van der Waals surface area contributed by atoms with Crippen LogP contribution in [0, 0.1) is 11.3 Å². The summed E-state index contributed by atoms with van der Waals surface area (Å²) in [4.78, 5) is 13.6. The summed E-state index contributed by atoms with van der Waals surface area (Å²) in [5, 5.41) is 17.6. The highest BCUT2D eigenvalue weighted by Gasteiger charge is 2.12. The molecular weight excluding hydrogens is 280 g/mol. The summed E-state index contributed by atoms with van der Waals surface area (Å²) in [6.45, 7) is 0.198. The molecule has 0 saturated carbocycles. The molecule has 1 N–H and O–H groups in total. The van der Waals surface area contributed by atoms with Crippen LogP contribution >= 0.6 is 0 Å². The molecule has 0 radical (unpaired) electrons. The summed E-state index contributed by atoms with van der Waals surface area (Å²) in [5.74, 6) is 0.944. The zero-order valence-electron chi connectivity index (χ0n) is 12.2. The minimum Gasteiger partial charge on any atom is -0.457 e. The van der Waals surface area contributed by atoms with E-state index in [2.05, 4.69) is 0 Å². The number of likely N-dealkylation sites (N-methyl/N-ethyl adjacent to an activating group) is 1. The van der Waals surface area contributed by atoms with Crippen molar-refractivity contribution in [2.24, 2.45) is 0 Å². The minimum atomic E-state index is -0.181. The lowest BCUT2D eigenvalue weighted by atomic mass is 10.2. The molecule has 5 nitrogen and oxygen atoms in total. The zero-order valence-corrected chi connectivity index (χ0v) is 12.2. The molecule has 0 atom stereocenters. The average Bonchev–Trinajstić information content (AvgIpc) is 2.55. The standard InChI is InChI=1S/C17H16N2O3/c1-19(9-10-20)17(21)14-3-2-4-16(11-14)22-15-7-5-13(12-18)6-8-15/h2-8,11,20H,9-10H2,1H3. The number of ether oxygens (including phenoxy) is 1. The van der Waals surface area contributed by atoms with E-state index in [1.807, 2.05) is 6.07 Å². The monoisotopic (exact) mass is 296 g/mol. The lowest BCUT2D eigenvalue weighted by Crippen LogP contribution is -2.29. The van der Waals surface area contributed by atoms with Crippen LogP contribution in [0.25, 0.3) is 0 Å². The maximum atomic E-state index is 12.1. The van der Waals surface area contributed by atoms with Crippen molar-refractivity contribution in [2.45, 2.75) is 0 Å². The molecular formula is C17H16N2O3. The number of rotatable bonds is 5. The largest absolute Gasteiger partial charge is 0.457 e. The quantitative estimate of drug-likeness (QED) is 0.919. The van der Waals surface area contributed by atoms with Gasteiger partial charge in [0.05, 0.1) is 18.2 Å². The molecule has 2 aromatic rings. The molecule has 1 amide bonds. The summed E-state index contributed by atoms with van der Waals surface area (Å²) in [5.41, 5.74) is 1.05. The third kappa shape index (κ3) is 3.84. The van der Waals surface area contributed by atoms with Crippen LogP contribution in [-0.2, 0) is 0 Å². The first kappa shape index (κ1) is 15.5. The number of hydrogen-bond donors (Lipinski definition) is 1. The Bertz CT molecular complexity index is 690. The number of carbonyl (C=O) groups is 1. The summed E-state index contributed by atoms with van der Waals surface area (Å²) in [6.07, 6.45) is 0. The van der Waals surface area contributed by atoms with Crippen LogP contribution in [0.15, 0.2) is 48.5 Å². The zero-order chi connectivity index (χ0) is 15.9. The second-order valence-electron chi connectivity index (χ2n) is 4.72. The molecule has 0 fully saturated rings. The third-order valence-corrected chi connectivity index (χ3v) is 3.08. The molecule has 22 heavy (non-hydrogen) atoms. The Morgan fingerprint density at radius 2 is 1.95 bits per heavy atom. The van der Waals surface area contributed by atoms with E-state index in [-0.39, 0.29) is 19.1 Å². The van der Waals surface area contributed by atoms with E-state index < -0.39 is 0 Å². The van der Waals surface area contributed by atoms with Crippen LogP contribution in [0.5, 0.6) is 11.5 Å². The van der Waals surface area contributed by atoms with E-state index in [0.717, 1.165) is 0 Å². The van der Waals surface area contributed by atoms with Gasteiger partial charge in [-0.05, 0) is 42.5 Å². The first-order chi connectivity index (χ1) is 10.6. The molecule has 5 heteroatoms. The Morgan fingerprint density at radius 1 is 1.23 bits per heavy atom. The van der Waals surface area contributed by atoms with Crippen molar-refractivity contribution in [3.63, 3.8) is 0 Å². The van der Waals surface area contributed by atoms with Crippen molar-refractivity contribution in [1.82, 2.24) is 4.90 Å². The molecule has 0 aromatic heterocycles. The average molecular weight is 296 g/mol. The van der Waals surface area contributed by atoms with Gasteiger partial charge in [-0.2, -0.15) is 5.26 Å². The molecule has 2 aromatic carbocycles. The van der Waals surface area contributed by atoms with E-state index in [9.17, 15) is 4.79 Å². The fourth-order valence-electron chi connectivity index (χ4n) is 1.90. The van der Waals surface area contributed by atoms with Gasteiger partial charge in [0.25, 0.3) is 5.91 Å². The lowest BCUT2D eigenvalue weighted by molar-refractivity contribution is 0.0766. The Hall–Kier alpha value is -2.84. The highest BCUT2D eigenvalue weighted by atomic mass is 16.5. The van der Waals surface area contributed by atoms with Gasteiger partial charge in [-0.3, -0.25) is 4.79 Å². The summed E-state index contributed by atoms with van der Waals surface area (Å²) in [6, 6.07) is 15.6. The third-order valence-electron chi connectivity index (χ3n) is 3.08. The Kier molecular flexibility index (Phi) is 5.12. The van der Waals surface area contributed by atoms with E-state index in [1.54, 1.807) is 55.6 Å². The molecule has 0 aliphatic carbocycles. The van der Waals surface area contributed by atoms with Crippen LogP contribution in [0.3, 0.4) is 0 Å². The summed E-state index contributed by atoms with van der Waals surface area (Å²) in [7, 11) is 1.63. The number of nitrogens with zero attached hydrogens (tertiary/aromatic N) is 2. The number of nitriles is 1. The van der Waals surface area contributed by atoms with Crippen molar-refractivity contribution in [3.8, 4) is 17.6 Å². The van der Waals surface area contributed by atoms with E-state index in [0.29, 0.717) is 22.6 Å². The smallest absolute Gasteiger partial charge is 0.253 e. The first-order valence-electron chi connectivity index (χ1n) is 6.78. The number of aliphatic hydroxyl groups excluding tert-OH is 1. The topological polar surface area (TPSA) is 73.6 Å². The van der Waals surface area contributed by atoms with Gasteiger partial charge in [-0.15, -0.1) is 0 Å². The number of hydrogen-bond acceptors (Lipinski definition) is 4. The molecule has 0 bridgehead atoms. The Labute approximate surface area is 129 Å². The maximum Gasteiger partial charge on any atom is 0.253 e. The number of benzene rings is 2. The van der Waals surface area contributed by atoms with Gasteiger partial charge in [0, 0.05) is 19.2 Å². The van der Waals surface area contributed by atoms with Crippen LogP contribution < -0.4 is 4.74 Å². The van der Waals surface area contributed by atoms with Gasteiger partial charge < -0.3 is 14.7 Å². The molecule has 0 aliphatic heterocycles. The van der Waals surface area contributed by atoms with Crippen LogP contribution in [0.1, 0.15) is 15.9 Å². The minimum absolute atomic E-state index is 0.0797. The number of carbonyl (C=O) groups excluding carboxylic acids is 1. The molecule has 112 valence electrons. The van der Waals surface area contributed by atoms with E-state index in [4.69, 9.17) is 15.1 Å². The van der Waals surface area contributed by atoms with Gasteiger partial charge in [0.15, 0.2) is 0 Å². The van der Waals surface area contributed by atoms with Crippen molar-refractivity contribution in [2.75, 3.05) is 20.2 Å². The molecule has 0 unspecified atom stereocenters. The predicted molar refractivity (Wildman–Crippen MR) is 81.7 cm³/mol. The maximum absolute atomic E-state index is 12.1. The number of amides is 1. The van der Waals surface area contributed by atoms with Gasteiger partial charge in [-0.1, -0.05) is 6.07 Å². The van der Waals surface area contributed by atoms with Crippen LogP contribution in [-0.4, -0.2) is 36.1 Å². The first-order valence-corrected chi connectivity index (χ1v) is 6.78. The molecule has 2 rings (SSSR count). The highest BCUT2D eigenvalue weighted by molar-refractivity contribution is 5.94. The molecule has 0 aliphatic rings. The lowest BCUT2D eigenvalue weighted by Gasteiger charge is -2.16. The predicted octanol–water partition coefficient (Wildman–Crippen LogP) is 2.41. The molecule has 0 heterocycles. The molecule has 0 spiro atoms. The fourth-order valence-corrected chi connectivity index (χ4v) is 1.90. The summed E-state index contributed by atoms with van der Waals surface area (Å²) < 4.78 is 5.68. The Morgan fingerprint density at radius 3 is 2.59 bits per heavy atom. The highest BCUT2D eigenvalue weighted by Crippen LogP contribution is 2.23. The fraction of sp³-hybridized carbons (Fsp3) is 0.176. The van der Waals surface area contributed by atoms with E-state index in [1.165, 1.54) is 4.90 Å². The van der Waals surface area contributed by atoms with Gasteiger partial charge in [0.2, 0.25) is 0 Å². The SMILES string of the molecule is CN(CCO)C(=O)c1cccc(Oc2ccc(C#N)cc2)c1. The van der Waals surface area contributed by atoms with E-state index >= 15 is 0 Å². The van der Waals surface area contributed by atoms with Crippen LogP contribution in [0.2, 0.25) is 0 Å². The van der Waals surface area contributed by atoms with Crippen molar-refractivity contribution in [1.29, 1.82) is 5.26 Å². The van der Waals surface area contributed by atoms with Gasteiger partial charge >= 0.3 is 0 Å². The summed E-state index contributed by atoms with van der Waals surface area (Å²) >= 11 is 0. The van der Waals surface area contributed by atoms with Crippen molar-refractivity contribution in [3.05, 3.63) is 59.7 Å². The second-order valence-corrected chi connectivity index (χ2v) is 4.72. The van der Waals surface area contributed by atoms with Gasteiger partial charge in [-0.25, -0.2) is 0 Å². The second kappa shape index (κ2) is 7.25.